The summed E-state index contributed by atoms with van der Waals surface area (Å²) in [6.45, 7) is 2.66. The maximum atomic E-state index is 12.6. The van der Waals surface area contributed by atoms with E-state index in [2.05, 4.69) is 22.6 Å². The molecule has 0 radical (unpaired) electrons. The van der Waals surface area contributed by atoms with Crippen molar-refractivity contribution in [3.8, 4) is 0 Å². The smallest absolute Gasteiger partial charge is 0.324 e. The van der Waals surface area contributed by atoms with E-state index in [9.17, 15) is 14.4 Å². The molecule has 0 spiro atoms. The standard InChI is InChI=1S/C17H26N6O3/c1-11-3-2-4-12(7-11)5-6-23-16(25)14(19-17(23)26)8-13-9-22(21-20-13)10-15(18)24/h9,11-12,14H,2-8,10H2,1H3,(H2,18,24)(H,19,26)/t11-,12-,14+/m1/s1. The second kappa shape index (κ2) is 7.84. The van der Waals surface area contributed by atoms with Crippen LogP contribution in [0.1, 0.15) is 44.7 Å². The topological polar surface area (TPSA) is 123 Å². The zero-order valence-corrected chi connectivity index (χ0v) is 15.1. The molecule has 1 aromatic heterocycles. The van der Waals surface area contributed by atoms with Gasteiger partial charge in [0.2, 0.25) is 5.91 Å². The van der Waals surface area contributed by atoms with Crippen LogP contribution in [0.3, 0.4) is 0 Å². The highest BCUT2D eigenvalue weighted by atomic mass is 16.2. The summed E-state index contributed by atoms with van der Waals surface area (Å²) in [5.41, 5.74) is 5.65. The van der Waals surface area contributed by atoms with Gasteiger partial charge in [-0.3, -0.25) is 14.5 Å². The minimum atomic E-state index is -0.633. The Balaban J connectivity index is 1.53. The molecule has 3 N–H and O–H groups in total. The lowest BCUT2D eigenvalue weighted by atomic mass is 9.81. The van der Waals surface area contributed by atoms with Crippen molar-refractivity contribution in [2.75, 3.05) is 6.54 Å². The van der Waals surface area contributed by atoms with Gasteiger partial charge in [-0.05, 0) is 24.7 Å². The number of imide groups is 1. The van der Waals surface area contributed by atoms with Gasteiger partial charge in [0.25, 0.3) is 5.91 Å². The number of carbonyl (C=O) groups is 3. The molecule has 2 heterocycles. The molecule has 9 nitrogen and oxygen atoms in total. The molecule has 2 fully saturated rings. The predicted molar refractivity (Wildman–Crippen MR) is 92.7 cm³/mol. The first-order valence-corrected chi connectivity index (χ1v) is 9.21. The van der Waals surface area contributed by atoms with Gasteiger partial charge in [-0.2, -0.15) is 0 Å². The fourth-order valence-corrected chi connectivity index (χ4v) is 3.94. The van der Waals surface area contributed by atoms with Gasteiger partial charge in [0, 0.05) is 19.2 Å². The normalized spacial score (nSPS) is 26.2. The zero-order chi connectivity index (χ0) is 18.7. The van der Waals surface area contributed by atoms with Crippen molar-refractivity contribution in [2.24, 2.45) is 17.6 Å². The lowest BCUT2D eigenvalue weighted by molar-refractivity contribution is -0.127. The van der Waals surface area contributed by atoms with Crippen molar-refractivity contribution < 1.29 is 14.4 Å². The molecule has 1 aromatic rings. The fourth-order valence-electron chi connectivity index (χ4n) is 3.94. The van der Waals surface area contributed by atoms with Crippen LogP contribution in [0, 0.1) is 11.8 Å². The Morgan fingerprint density at radius 3 is 2.92 bits per heavy atom. The van der Waals surface area contributed by atoms with Gasteiger partial charge in [0.1, 0.15) is 12.6 Å². The van der Waals surface area contributed by atoms with Crippen molar-refractivity contribution in [2.45, 2.75) is 58.0 Å². The lowest BCUT2D eigenvalue weighted by Gasteiger charge is -2.27. The van der Waals surface area contributed by atoms with E-state index < -0.39 is 11.9 Å². The van der Waals surface area contributed by atoms with Crippen LogP contribution >= 0.6 is 0 Å². The number of nitrogens with two attached hydrogens (primary N) is 1. The number of amides is 4. The number of primary amides is 1. The van der Waals surface area contributed by atoms with Gasteiger partial charge in [-0.1, -0.05) is 31.4 Å². The van der Waals surface area contributed by atoms with E-state index in [1.54, 1.807) is 6.20 Å². The Bertz CT molecular complexity index is 688. The van der Waals surface area contributed by atoms with Crippen molar-refractivity contribution in [1.29, 1.82) is 0 Å². The third-order valence-electron chi connectivity index (χ3n) is 5.23. The molecule has 9 heteroatoms. The number of hydrogen-bond acceptors (Lipinski definition) is 5. The number of aromatic nitrogens is 3. The molecule has 1 aliphatic carbocycles. The van der Waals surface area contributed by atoms with Gasteiger partial charge >= 0.3 is 6.03 Å². The largest absolute Gasteiger partial charge is 0.368 e. The van der Waals surface area contributed by atoms with Crippen LogP contribution in [0.2, 0.25) is 0 Å². The monoisotopic (exact) mass is 362 g/mol. The Hall–Kier alpha value is -2.45. The van der Waals surface area contributed by atoms with E-state index in [0.717, 1.165) is 12.3 Å². The number of nitrogens with zero attached hydrogens (tertiary/aromatic N) is 4. The highest BCUT2D eigenvalue weighted by molar-refractivity contribution is 6.04. The summed E-state index contributed by atoms with van der Waals surface area (Å²) >= 11 is 0. The average Bonchev–Trinajstić information content (AvgIpc) is 3.10. The second-order valence-corrected chi connectivity index (χ2v) is 7.50. The molecular weight excluding hydrogens is 336 g/mol. The minimum absolute atomic E-state index is 0.0656. The van der Waals surface area contributed by atoms with Crippen molar-refractivity contribution in [3.05, 3.63) is 11.9 Å². The third kappa shape index (κ3) is 4.39. The van der Waals surface area contributed by atoms with E-state index in [1.165, 1.54) is 35.3 Å². The summed E-state index contributed by atoms with van der Waals surface area (Å²) in [6, 6.07) is -0.972. The predicted octanol–water partition coefficient (Wildman–Crippen LogP) is 0.443. The summed E-state index contributed by atoms with van der Waals surface area (Å²) in [6.07, 6.45) is 7.55. The first-order valence-electron chi connectivity index (χ1n) is 9.21. The van der Waals surface area contributed by atoms with Crippen LogP contribution in [-0.4, -0.2) is 50.3 Å². The molecular formula is C17H26N6O3. The van der Waals surface area contributed by atoms with Gasteiger partial charge in [0.15, 0.2) is 0 Å². The number of carbonyl (C=O) groups excluding carboxylic acids is 3. The number of nitrogens with one attached hydrogen (secondary N) is 1. The Morgan fingerprint density at radius 2 is 2.19 bits per heavy atom. The van der Waals surface area contributed by atoms with Crippen molar-refractivity contribution >= 4 is 17.8 Å². The molecule has 0 unspecified atom stereocenters. The third-order valence-corrected chi connectivity index (χ3v) is 5.23. The van der Waals surface area contributed by atoms with Crippen molar-refractivity contribution in [1.82, 2.24) is 25.2 Å². The SMILES string of the molecule is C[C@@H]1CCC[C@H](CCN2C(=O)N[C@@H](Cc3cn(CC(N)=O)nn3)C2=O)C1. The van der Waals surface area contributed by atoms with Gasteiger partial charge in [-0.25, -0.2) is 9.48 Å². The summed E-state index contributed by atoms with van der Waals surface area (Å²) in [5, 5.41) is 10.4. The maximum absolute atomic E-state index is 12.6. The number of urea groups is 1. The maximum Gasteiger partial charge on any atom is 0.324 e. The molecule has 1 aliphatic heterocycles. The molecule has 4 amide bonds. The lowest BCUT2D eigenvalue weighted by Crippen LogP contribution is -2.34. The van der Waals surface area contributed by atoms with Crippen LogP contribution in [0.4, 0.5) is 4.79 Å². The first kappa shape index (κ1) is 18.3. The van der Waals surface area contributed by atoms with E-state index in [-0.39, 0.29) is 24.9 Å². The highest BCUT2D eigenvalue weighted by Crippen LogP contribution is 2.31. The number of rotatable bonds is 7. The molecule has 142 valence electrons. The van der Waals surface area contributed by atoms with Crippen LogP contribution in [-0.2, 0) is 22.6 Å². The Kier molecular flexibility index (Phi) is 5.53. The quantitative estimate of drug-likeness (QED) is 0.681. The molecule has 3 atom stereocenters. The van der Waals surface area contributed by atoms with Crippen molar-refractivity contribution in [3.63, 3.8) is 0 Å². The summed E-state index contributed by atoms with van der Waals surface area (Å²) in [7, 11) is 0. The van der Waals surface area contributed by atoms with E-state index >= 15 is 0 Å². The molecule has 26 heavy (non-hydrogen) atoms. The van der Waals surface area contributed by atoms with Gasteiger partial charge in [0.05, 0.1) is 5.69 Å². The molecule has 0 aromatic carbocycles. The summed E-state index contributed by atoms with van der Waals surface area (Å²) in [4.78, 5) is 36.9. The molecule has 0 bridgehead atoms. The average molecular weight is 362 g/mol. The zero-order valence-electron chi connectivity index (χ0n) is 15.1. The van der Waals surface area contributed by atoms with Crippen LogP contribution in [0.5, 0.6) is 0 Å². The van der Waals surface area contributed by atoms with E-state index in [4.69, 9.17) is 5.73 Å². The second-order valence-electron chi connectivity index (χ2n) is 7.50. The molecule has 1 saturated carbocycles. The molecule has 1 saturated heterocycles. The van der Waals surface area contributed by atoms with Gasteiger partial charge < -0.3 is 11.1 Å². The molecule has 2 aliphatic rings. The highest BCUT2D eigenvalue weighted by Gasteiger charge is 2.38. The van der Waals surface area contributed by atoms with Crippen LogP contribution < -0.4 is 11.1 Å². The fraction of sp³-hybridized carbons (Fsp3) is 0.706. The summed E-state index contributed by atoms with van der Waals surface area (Å²) in [5.74, 6) is 0.581. The number of hydrogen-bond donors (Lipinski definition) is 2. The van der Waals surface area contributed by atoms with E-state index in [0.29, 0.717) is 18.2 Å². The Morgan fingerprint density at radius 1 is 1.38 bits per heavy atom. The van der Waals surface area contributed by atoms with Crippen LogP contribution in [0.25, 0.3) is 0 Å². The molecule has 3 rings (SSSR count). The van der Waals surface area contributed by atoms with E-state index in [1.807, 2.05) is 0 Å². The Labute approximate surface area is 152 Å². The minimum Gasteiger partial charge on any atom is -0.368 e. The summed E-state index contributed by atoms with van der Waals surface area (Å²) < 4.78 is 1.32. The van der Waals surface area contributed by atoms with Crippen LogP contribution in [0.15, 0.2) is 6.20 Å². The first-order chi connectivity index (χ1) is 12.4. The van der Waals surface area contributed by atoms with Gasteiger partial charge in [-0.15, -0.1) is 5.10 Å².